The van der Waals surface area contributed by atoms with E-state index >= 15 is 0 Å². The summed E-state index contributed by atoms with van der Waals surface area (Å²) < 4.78 is 5.31. The molecule has 0 atom stereocenters. The lowest BCUT2D eigenvalue weighted by Crippen LogP contribution is -2.26. The van der Waals surface area contributed by atoms with Gasteiger partial charge in [-0.15, -0.1) is 0 Å². The number of fused-ring (bicyclic) bond motifs is 1. The second-order valence-electron chi connectivity index (χ2n) is 6.32. The number of aromatic amines is 1. The minimum Gasteiger partial charge on any atom is -0.481 e. The number of nitrogens with zero attached hydrogens (tertiary/aromatic N) is 3. The highest BCUT2D eigenvalue weighted by Gasteiger charge is 2.29. The van der Waals surface area contributed by atoms with Crippen LogP contribution >= 0.6 is 0 Å². The standard InChI is InChI=1S/C19H19N5O4/c1-4-24-9-15-14(19(24)27)6-12(18(23-15)28-3)8-21-17(26)13-5-11(7-20)16(25)22-10(13)2/h5-6H,4,8-9H2,1-3H3,(H,21,26)(H,22,25). The Bertz CT molecular complexity index is 1070. The first kappa shape index (κ1) is 19.1. The van der Waals surface area contributed by atoms with E-state index in [2.05, 4.69) is 15.3 Å². The SMILES string of the molecule is CCN1Cc2nc(OC)c(CNC(=O)c3cc(C#N)c(=O)[nH]c3C)cc2C1=O. The molecule has 0 saturated heterocycles. The van der Waals surface area contributed by atoms with Crippen LogP contribution in [0, 0.1) is 18.3 Å². The van der Waals surface area contributed by atoms with Crippen molar-refractivity contribution in [1.82, 2.24) is 20.2 Å². The number of carbonyl (C=O) groups is 2. The number of hydrogen-bond acceptors (Lipinski definition) is 6. The lowest BCUT2D eigenvalue weighted by atomic mass is 10.1. The predicted octanol–water partition coefficient (Wildman–Crippen LogP) is 0.864. The Morgan fingerprint density at radius 2 is 2.18 bits per heavy atom. The Kier molecular flexibility index (Phi) is 5.13. The fourth-order valence-corrected chi connectivity index (χ4v) is 3.07. The van der Waals surface area contributed by atoms with Gasteiger partial charge in [0.25, 0.3) is 17.4 Å². The molecule has 9 nitrogen and oxygen atoms in total. The van der Waals surface area contributed by atoms with Gasteiger partial charge in [-0.05, 0) is 26.0 Å². The molecule has 0 unspecified atom stereocenters. The van der Waals surface area contributed by atoms with Gasteiger partial charge in [0.1, 0.15) is 11.6 Å². The van der Waals surface area contributed by atoms with Gasteiger partial charge in [0.05, 0.1) is 30.5 Å². The largest absolute Gasteiger partial charge is 0.481 e. The van der Waals surface area contributed by atoms with Crippen LogP contribution in [0.15, 0.2) is 16.9 Å². The number of rotatable bonds is 5. The number of H-pyrrole nitrogens is 1. The molecule has 3 heterocycles. The first-order valence-electron chi connectivity index (χ1n) is 8.67. The summed E-state index contributed by atoms with van der Waals surface area (Å²) in [5.41, 5.74) is 1.57. The Morgan fingerprint density at radius 1 is 1.43 bits per heavy atom. The number of nitrogens with one attached hydrogen (secondary N) is 2. The minimum absolute atomic E-state index is 0.0716. The third kappa shape index (κ3) is 3.32. The van der Waals surface area contributed by atoms with Crippen molar-refractivity contribution < 1.29 is 14.3 Å². The maximum atomic E-state index is 12.5. The molecule has 2 aromatic rings. The molecule has 9 heteroatoms. The van der Waals surface area contributed by atoms with Gasteiger partial charge in [-0.25, -0.2) is 4.98 Å². The van der Waals surface area contributed by atoms with Crippen molar-refractivity contribution in [2.24, 2.45) is 0 Å². The van der Waals surface area contributed by atoms with Gasteiger partial charge in [-0.1, -0.05) is 0 Å². The number of aryl methyl sites for hydroxylation is 1. The topological polar surface area (TPSA) is 128 Å². The third-order valence-electron chi connectivity index (χ3n) is 4.62. The zero-order valence-corrected chi connectivity index (χ0v) is 15.8. The van der Waals surface area contributed by atoms with Crippen molar-refractivity contribution in [3.8, 4) is 11.9 Å². The van der Waals surface area contributed by atoms with E-state index in [0.717, 1.165) is 0 Å². The Morgan fingerprint density at radius 3 is 2.82 bits per heavy atom. The molecule has 1 aliphatic rings. The summed E-state index contributed by atoms with van der Waals surface area (Å²) in [6.45, 7) is 4.55. The van der Waals surface area contributed by atoms with Gasteiger partial charge in [0, 0.05) is 24.3 Å². The number of nitriles is 1. The minimum atomic E-state index is -0.542. The number of ether oxygens (including phenoxy) is 1. The van der Waals surface area contributed by atoms with Crippen molar-refractivity contribution in [3.63, 3.8) is 0 Å². The summed E-state index contributed by atoms with van der Waals surface area (Å²) in [6.07, 6.45) is 0. The summed E-state index contributed by atoms with van der Waals surface area (Å²) >= 11 is 0. The van der Waals surface area contributed by atoms with Gasteiger partial charge >= 0.3 is 0 Å². The molecule has 2 N–H and O–H groups in total. The zero-order chi connectivity index (χ0) is 20.4. The summed E-state index contributed by atoms with van der Waals surface area (Å²) in [4.78, 5) is 45.1. The van der Waals surface area contributed by atoms with E-state index in [1.807, 2.05) is 6.92 Å². The van der Waals surface area contributed by atoms with Crippen molar-refractivity contribution in [1.29, 1.82) is 5.26 Å². The molecule has 2 aromatic heterocycles. The predicted molar refractivity (Wildman–Crippen MR) is 98.9 cm³/mol. The van der Waals surface area contributed by atoms with E-state index < -0.39 is 11.5 Å². The molecule has 0 aliphatic carbocycles. The summed E-state index contributed by atoms with van der Waals surface area (Å²) in [7, 11) is 1.47. The summed E-state index contributed by atoms with van der Waals surface area (Å²) in [5.74, 6) is -0.231. The van der Waals surface area contributed by atoms with Crippen molar-refractivity contribution in [3.05, 3.63) is 56.1 Å². The number of carbonyl (C=O) groups excluding carboxylic acids is 2. The van der Waals surface area contributed by atoms with Gasteiger partial charge < -0.3 is 19.9 Å². The monoisotopic (exact) mass is 381 g/mol. The molecule has 0 saturated carbocycles. The summed E-state index contributed by atoms with van der Waals surface area (Å²) in [5, 5.41) is 11.7. The summed E-state index contributed by atoms with van der Waals surface area (Å²) in [6, 6.07) is 4.69. The van der Waals surface area contributed by atoms with Gasteiger partial charge in [-0.2, -0.15) is 5.26 Å². The zero-order valence-electron chi connectivity index (χ0n) is 15.8. The van der Waals surface area contributed by atoms with E-state index in [1.54, 1.807) is 24.0 Å². The molecule has 0 bridgehead atoms. The second kappa shape index (κ2) is 7.52. The van der Waals surface area contributed by atoms with E-state index in [0.29, 0.717) is 41.5 Å². The van der Waals surface area contributed by atoms with Crippen LogP contribution in [0.5, 0.6) is 5.88 Å². The highest BCUT2D eigenvalue weighted by atomic mass is 16.5. The molecule has 144 valence electrons. The fourth-order valence-electron chi connectivity index (χ4n) is 3.07. The Balaban J connectivity index is 1.85. The smallest absolute Gasteiger partial charge is 0.266 e. The lowest BCUT2D eigenvalue weighted by molar-refractivity contribution is 0.0786. The van der Waals surface area contributed by atoms with E-state index in [1.165, 1.54) is 13.2 Å². The fraction of sp³-hybridized carbons (Fsp3) is 0.316. The molecule has 28 heavy (non-hydrogen) atoms. The van der Waals surface area contributed by atoms with Gasteiger partial charge in [-0.3, -0.25) is 14.4 Å². The molecule has 0 fully saturated rings. The molecular weight excluding hydrogens is 362 g/mol. The lowest BCUT2D eigenvalue weighted by Gasteiger charge is -2.11. The van der Waals surface area contributed by atoms with Crippen molar-refractivity contribution in [2.45, 2.75) is 26.9 Å². The molecule has 3 rings (SSSR count). The van der Waals surface area contributed by atoms with Crippen LogP contribution in [0.1, 0.15) is 50.2 Å². The van der Waals surface area contributed by atoms with Crippen LogP contribution in [0.4, 0.5) is 0 Å². The van der Waals surface area contributed by atoms with E-state index in [4.69, 9.17) is 10.00 Å². The van der Waals surface area contributed by atoms with E-state index in [-0.39, 0.29) is 23.6 Å². The van der Waals surface area contributed by atoms with Crippen LogP contribution < -0.4 is 15.6 Å². The van der Waals surface area contributed by atoms with Crippen LogP contribution in [0.2, 0.25) is 0 Å². The first-order valence-corrected chi connectivity index (χ1v) is 8.67. The van der Waals surface area contributed by atoms with Gasteiger partial charge in [0.15, 0.2) is 0 Å². The Hall–Kier alpha value is -3.67. The maximum absolute atomic E-state index is 12.5. The van der Waals surface area contributed by atoms with Crippen LogP contribution in [0.3, 0.4) is 0 Å². The normalized spacial score (nSPS) is 12.5. The number of hydrogen-bond donors (Lipinski definition) is 2. The number of pyridine rings is 2. The number of methoxy groups -OCH3 is 1. The van der Waals surface area contributed by atoms with Gasteiger partial charge in [0.2, 0.25) is 5.88 Å². The number of aromatic nitrogens is 2. The van der Waals surface area contributed by atoms with Crippen LogP contribution in [0.25, 0.3) is 0 Å². The highest BCUT2D eigenvalue weighted by molar-refractivity contribution is 5.98. The molecule has 0 aromatic carbocycles. The van der Waals surface area contributed by atoms with E-state index in [9.17, 15) is 14.4 Å². The van der Waals surface area contributed by atoms with Crippen molar-refractivity contribution in [2.75, 3.05) is 13.7 Å². The molecule has 2 amide bonds. The molecular formula is C19H19N5O4. The first-order chi connectivity index (χ1) is 13.4. The average molecular weight is 381 g/mol. The molecule has 0 spiro atoms. The molecule has 0 radical (unpaired) electrons. The van der Waals surface area contributed by atoms with Crippen molar-refractivity contribution >= 4 is 11.8 Å². The highest BCUT2D eigenvalue weighted by Crippen LogP contribution is 2.27. The second-order valence-corrected chi connectivity index (χ2v) is 6.32. The van der Waals surface area contributed by atoms with Crippen LogP contribution in [-0.2, 0) is 13.1 Å². The third-order valence-corrected chi connectivity index (χ3v) is 4.62. The number of amides is 2. The Labute approximate surface area is 161 Å². The average Bonchev–Trinajstić information content (AvgIpc) is 3.00. The maximum Gasteiger partial charge on any atom is 0.266 e. The quantitative estimate of drug-likeness (QED) is 0.791. The molecule has 1 aliphatic heterocycles. The van der Waals surface area contributed by atoms with Crippen LogP contribution in [-0.4, -0.2) is 40.3 Å².